The molecule has 2 N–H and O–H groups in total. The minimum atomic E-state index is -2.76. The summed E-state index contributed by atoms with van der Waals surface area (Å²) in [5, 5.41) is 19.3. The predicted octanol–water partition coefficient (Wildman–Crippen LogP) is 5.12. The molecule has 2 aliphatic rings. The van der Waals surface area contributed by atoms with Crippen LogP contribution in [0.25, 0.3) is 0 Å². The number of fused-ring (bicyclic) bond motifs is 3. The van der Waals surface area contributed by atoms with Gasteiger partial charge in [-0.2, -0.15) is 0 Å². The summed E-state index contributed by atoms with van der Waals surface area (Å²) in [6.45, 7) is 0. The molecule has 2 aromatic carbocycles. The van der Waals surface area contributed by atoms with Gasteiger partial charge in [0.2, 0.25) is 5.92 Å². The quantitative estimate of drug-likeness (QED) is 0.702. The Morgan fingerprint density at radius 3 is 2.46 bits per heavy atom. The fourth-order valence-electron chi connectivity index (χ4n) is 3.90. The second-order valence-electron chi connectivity index (χ2n) is 6.51. The standard InChI is InChI=1S/C18H15BrF2O3/c19-15-6-11(23)5-12-13-7-18(20,21)8-14(13)16(24-17(12)15)9-1-3-10(22)4-2-9/h1-6,13-14,16,22-23H,7-8H2/t13-,14-,16?/m0/s1. The Morgan fingerprint density at radius 2 is 1.75 bits per heavy atom. The van der Waals surface area contributed by atoms with Crippen molar-refractivity contribution in [1.29, 1.82) is 0 Å². The summed E-state index contributed by atoms with van der Waals surface area (Å²) in [4.78, 5) is 0. The van der Waals surface area contributed by atoms with E-state index in [2.05, 4.69) is 15.9 Å². The van der Waals surface area contributed by atoms with Gasteiger partial charge in [0.1, 0.15) is 23.4 Å². The van der Waals surface area contributed by atoms with Crippen molar-refractivity contribution in [2.24, 2.45) is 5.92 Å². The Hall–Kier alpha value is -1.82. The van der Waals surface area contributed by atoms with Crippen molar-refractivity contribution in [3.63, 3.8) is 0 Å². The zero-order chi connectivity index (χ0) is 17.1. The van der Waals surface area contributed by atoms with E-state index in [1.165, 1.54) is 24.3 Å². The summed E-state index contributed by atoms with van der Waals surface area (Å²) >= 11 is 3.36. The van der Waals surface area contributed by atoms with Gasteiger partial charge in [-0.15, -0.1) is 0 Å². The lowest BCUT2D eigenvalue weighted by Crippen LogP contribution is -2.27. The van der Waals surface area contributed by atoms with E-state index in [-0.39, 0.29) is 36.2 Å². The van der Waals surface area contributed by atoms with E-state index in [4.69, 9.17) is 4.74 Å². The average molecular weight is 397 g/mol. The van der Waals surface area contributed by atoms with Gasteiger partial charge in [0.25, 0.3) is 0 Å². The lowest BCUT2D eigenvalue weighted by Gasteiger charge is -2.36. The monoisotopic (exact) mass is 396 g/mol. The second-order valence-corrected chi connectivity index (χ2v) is 7.36. The van der Waals surface area contributed by atoms with Crippen LogP contribution in [0.1, 0.15) is 36.0 Å². The van der Waals surface area contributed by atoms with Crippen LogP contribution < -0.4 is 4.74 Å². The zero-order valence-corrected chi connectivity index (χ0v) is 14.1. The van der Waals surface area contributed by atoms with Crippen molar-refractivity contribution in [2.45, 2.75) is 30.8 Å². The highest BCUT2D eigenvalue weighted by Gasteiger charge is 2.53. The number of aromatic hydroxyl groups is 2. The topological polar surface area (TPSA) is 49.7 Å². The summed E-state index contributed by atoms with van der Waals surface area (Å²) in [6.07, 6.45) is -1.02. The first-order chi connectivity index (χ1) is 11.3. The molecule has 0 amide bonds. The highest BCUT2D eigenvalue weighted by atomic mass is 79.9. The SMILES string of the molecule is Oc1ccc(C2Oc3c(Br)cc(O)cc3[C@@H]3CC(F)(F)C[C@H]23)cc1. The molecule has 2 aromatic rings. The van der Waals surface area contributed by atoms with E-state index >= 15 is 0 Å². The molecule has 0 spiro atoms. The molecule has 0 radical (unpaired) electrons. The van der Waals surface area contributed by atoms with Gasteiger partial charge in [-0.05, 0) is 45.8 Å². The lowest BCUT2D eigenvalue weighted by molar-refractivity contribution is -0.00236. The molecule has 24 heavy (non-hydrogen) atoms. The zero-order valence-electron chi connectivity index (χ0n) is 12.5. The molecule has 0 saturated heterocycles. The van der Waals surface area contributed by atoms with E-state index in [9.17, 15) is 19.0 Å². The van der Waals surface area contributed by atoms with Gasteiger partial charge in [-0.3, -0.25) is 0 Å². The highest BCUT2D eigenvalue weighted by molar-refractivity contribution is 9.10. The van der Waals surface area contributed by atoms with Gasteiger partial charge in [0.15, 0.2) is 0 Å². The maximum Gasteiger partial charge on any atom is 0.249 e. The second kappa shape index (κ2) is 5.34. The summed E-state index contributed by atoms with van der Waals surface area (Å²) in [7, 11) is 0. The molecule has 126 valence electrons. The maximum absolute atomic E-state index is 14.1. The molecule has 1 unspecified atom stereocenters. The third-order valence-corrected chi connectivity index (χ3v) is 5.47. The van der Waals surface area contributed by atoms with Crippen LogP contribution in [0.15, 0.2) is 40.9 Å². The number of phenols is 2. The maximum atomic E-state index is 14.1. The van der Waals surface area contributed by atoms with Gasteiger partial charge in [-0.25, -0.2) is 8.78 Å². The molecule has 0 aromatic heterocycles. The molecule has 1 aliphatic carbocycles. The molecule has 3 atom stereocenters. The molecular weight excluding hydrogens is 382 g/mol. The average Bonchev–Trinajstić information content (AvgIpc) is 2.83. The molecular formula is C18H15BrF2O3. The van der Waals surface area contributed by atoms with Crippen molar-refractivity contribution in [3.05, 3.63) is 52.0 Å². The van der Waals surface area contributed by atoms with Crippen LogP contribution in [0, 0.1) is 5.92 Å². The molecule has 1 saturated carbocycles. The van der Waals surface area contributed by atoms with Crippen molar-refractivity contribution in [3.8, 4) is 17.2 Å². The van der Waals surface area contributed by atoms with Gasteiger partial charge in [0.05, 0.1) is 4.47 Å². The predicted molar refractivity (Wildman–Crippen MR) is 87.7 cm³/mol. The van der Waals surface area contributed by atoms with Crippen molar-refractivity contribution < 1.29 is 23.7 Å². The van der Waals surface area contributed by atoms with Crippen LogP contribution in [0.3, 0.4) is 0 Å². The number of hydrogen-bond donors (Lipinski definition) is 2. The molecule has 6 heteroatoms. The summed E-state index contributed by atoms with van der Waals surface area (Å²) < 4.78 is 34.9. The van der Waals surface area contributed by atoms with Crippen LogP contribution in [0.4, 0.5) is 8.78 Å². The highest BCUT2D eigenvalue weighted by Crippen LogP contribution is 2.59. The van der Waals surface area contributed by atoms with Crippen molar-refractivity contribution in [1.82, 2.24) is 0 Å². The van der Waals surface area contributed by atoms with Crippen LogP contribution in [0.5, 0.6) is 17.2 Å². The number of rotatable bonds is 1. The molecule has 3 nitrogen and oxygen atoms in total. The molecule has 0 bridgehead atoms. The van der Waals surface area contributed by atoms with E-state index in [0.29, 0.717) is 15.8 Å². The smallest absolute Gasteiger partial charge is 0.249 e. The Balaban J connectivity index is 1.83. The number of phenolic OH excluding ortho intramolecular Hbond substituents is 2. The fraction of sp³-hybridized carbons (Fsp3) is 0.333. The van der Waals surface area contributed by atoms with Gasteiger partial charge < -0.3 is 14.9 Å². The normalized spacial score (nSPS) is 27.2. The Morgan fingerprint density at radius 1 is 1.04 bits per heavy atom. The summed E-state index contributed by atoms with van der Waals surface area (Å²) in [6, 6.07) is 9.48. The van der Waals surface area contributed by atoms with E-state index in [1.54, 1.807) is 12.1 Å². The van der Waals surface area contributed by atoms with E-state index < -0.39 is 12.0 Å². The molecule has 1 heterocycles. The van der Waals surface area contributed by atoms with Crippen LogP contribution in [-0.2, 0) is 0 Å². The minimum Gasteiger partial charge on any atom is -0.508 e. The van der Waals surface area contributed by atoms with Gasteiger partial charge in [-0.1, -0.05) is 12.1 Å². The number of alkyl halides is 2. The molecule has 1 aliphatic heterocycles. The largest absolute Gasteiger partial charge is 0.508 e. The number of ether oxygens (including phenoxy) is 1. The summed E-state index contributed by atoms with van der Waals surface area (Å²) in [5.74, 6) is -2.87. The Kier molecular flexibility index (Phi) is 3.49. The van der Waals surface area contributed by atoms with Gasteiger partial charge >= 0.3 is 0 Å². The number of benzene rings is 2. The Labute approximate surface area is 146 Å². The first-order valence-corrected chi connectivity index (χ1v) is 8.49. The lowest BCUT2D eigenvalue weighted by atomic mass is 9.80. The molecule has 1 fully saturated rings. The minimum absolute atomic E-state index is 0.0290. The van der Waals surface area contributed by atoms with Crippen LogP contribution in [-0.4, -0.2) is 16.1 Å². The molecule has 4 rings (SSSR count). The summed E-state index contributed by atoms with van der Waals surface area (Å²) in [5.41, 5.74) is 1.38. The van der Waals surface area contributed by atoms with E-state index in [0.717, 1.165) is 5.56 Å². The Bertz CT molecular complexity index is 792. The fourth-order valence-corrected chi connectivity index (χ4v) is 4.45. The number of hydrogen-bond acceptors (Lipinski definition) is 3. The van der Waals surface area contributed by atoms with Crippen molar-refractivity contribution >= 4 is 15.9 Å². The third-order valence-electron chi connectivity index (χ3n) is 4.88. The van der Waals surface area contributed by atoms with E-state index in [1.807, 2.05) is 0 Å². The first-order valence-electron chi connectivity index (χ1n) is 7.70. The van der Waals surface area contributed by atoms with Crippen LogP contribution >= 0.6 is 15.9 Å². The first kappa shape index (κ1) is 15.7. The number of halogens is 3. The van der Waals surface area contributed by atoms with Gasteiger partial charge in [0, 0.05) is 30.2 Å². The van der Waals surface area contributed by atoms with Crippen molar-refractivity contribution in [2.75, 3.05) is 0 Å². The van der Waals surface area contributed by atoms with Crippen LogP contribution in [0.2, 0.25) is 0 Å². The third kappa shape index (κ3) is 2.53.